The summed E-state index contributed by atoms with van der Waals surface area (Å²) in [4.78, 5) is 5.10. The highest BCUT2D eigenvalue weighted by Crippen LogP contribution is 2.16. The number of nitrogens with zero attached hydrogens (tertiary/aromatic N) is 5. The van der Waals surface area contributed by atoms with E-state index >= 15 is 0 Å². The van der Waals surface area contributed by atoms with Crippen LogP contribution in [0.15, 0.2) is 12.7 Å². The summed E-state index contributed by atoms with van der Waals surface area (Å²) in [5, 5.41) is 7.68. The average Bonchev–Trinajstić information content (AvgIpc) is 3.05. The molecule has 0 aromatic carbocycles. The second-order valence-electron chi connectivity index (χ2n) is 5.14. The van der Waals surface area contributed by atoms with E-state index in [1.165, 1.54) is 32.6 Å². The van der Waals surface area contributed by atoms with Crippen molar-refractivity contribution in [3.63, 3.8) is 0 Å². The lowest BCUT2D eigenvalue weighted by atomic mass is 10.1. The third-order valence-electron chi connectivity index (χ3n) is 3.92. The first-order valence-corrected chi connectivity index (χ1v) is 7.09. The van der Waals surface area contributed by atoms with Gasteiger partial charge < -0.3 is 14.4 Å². The van der Waals surface area contributed by atoms with Gasteiger partial charge in [-0.3, -0.25) is 0 Å². The predicted molar refractivity (Wildman–Crippen MR) is 72.4 cm³/mol. The van der Waals surface area contributed by atoms with Crippen molar-refractivity contribution in [2.24, 2.45) is 5.92 Å². The van der Waals surface area contributed by atoms with Crippen LogP contribution in [-0.4, -0.2) is 63.8 Å². The van der Waals surface area contributed by atoms with Crippen LogP contribution in [-0.2, 0) is 6.54 Å². The maximum Gasteiger partial charge on any atom is 0.119 e. The largest absolute Gasteiger partial charge is 0.319 e. The van der Waals surface area contributed by atoms with Crippen molar-refractivity contribution in [1.29, 1.82) is 0 Å². The molecule has 1 saturated heterocycles. The Hall–Kier alpha value is -0.940. The first-order chi connectivity index (χ1) is 8.81. The molecule has 5 heteroatoms. The van der Waals surface area contributed by atoms with Crippen molar-refractivity contribution in [3.05, 3.63) is 12.7 Å². The second kappa shape index (κ2) is 6.85. The Morgan fingerprint density at radius 1 is 1.28 bits per heavy atom. The molecule has 0 radical (unpaired) electrons. The number of aromatic nitrogens is 3. The van der Waals surface area contributed by atoms with Gasteiger partial charge in [-0.25, -0.2) is 0 Å². The van der Waals surface area contributed by atoms with Crippen molar-refractivity contribution in [2.45, 2.75) is 26.8 Å². The standard InChI is InChI=1S/C13H25N5/c1-3-16-6-5-13(9-16)10-17(4-2)7-8-18-11-14-15-12-18/h11-13H,3-10H2,1-2H3. The Bertz CT molecular complexity index is 324. The van der Waals surface area contributed by atoms with Crippen LogP contribution < -0.4 is 0 Å². The molecule has 1 aromatic rings. The zero-order chi connectivity index (χ0) is 12.8. The summed E-state index contributed by atoms with van der Waals surface area (Å²) >= 11 is 0. The number of hydrogen-bond acceptors (Lipinski definition) is 4. The van der Waals surface area contributed by atoms with E-state index in [1.807, 2.05) is 0 Å². The van der Waals surface area contributed by atoms with Crippen LogP contribution in [0.3, 0.4) is 0 Å². The highest BCUT2D eigenvalue weighted by Gasteiger charge is 2.22. The van der Waals surface area contributed by atoms with Crippen LogP contribution in [0.5, 0.6) is 0 Å². The number of likely N-dealkylation sites (N-methyl/N-ethyl adjacent to an activating group) is 1. The summed E-state index contributed by atoms with van der Waals surface area (Å²) < 4.78 is 2.05. The van der Waals surface area contributed by atoms with Crippen LogP contribution in [0.2, 0.25) is 0 Å². The van der Waals surface area contributed by atoms with Gasteiger partial charge in [0.1, 0.15) is 12.7 Å². The molecular formula is C13H25N5. The predicted octanol–water partition coefficient (Wildman–Crippen LogP) is 0.942. The molecule has 0 bridgehead atoms. The molecule has 0 N–H and O–H groups in total. The molecule has 1 atom stereocenters. The zero-order valence-electron chi connectivity index (χ0n) is 11.6. The summed E-state index contributed by atoms with van der Waals surface area (Å²) in [6.45, 7) is 12.7. The van der Waals surface area contributed by atoms with E-state index < -0.39 is 0 Å². The van der Waals surface area contributed by atoms with Crippen molar-refractivity contribution in [3.8, 4) is 0 Å². The summed E-state index contributed by atoms with van der Waals surface area (Å²) in [7, 11) is 0. The van der Waals surface area contributed by atoms with Crippen LogP contribution in [0, 0.1) is 5.92 Å². The van der Waals surface area contributed by atoms with Crippen molar-refractivity contribution in [2.75, 3.05) is 39.3 Å². The van der Waals surface area contributed by atoms with E-state index in [2.05, 4.69) is 38.4 Å². The molecule has 1 aliphatic heterocycles. The highest BCUT2D eigenvalue weighted by atomic mass is 15.2. The quantitative estimate of drug-likeness (QED) is 0.723. The van der Waals surface area contributed by atoms with Gasteiger partial charge in [0.15, 0.2) is 0 Å². The smallest absolute Gasteiger partial charge is 0.119 e. The zero-order valence-corrected chi connectivity index (χ0v) is 11.6. The van der Waals surface area contributed by atoms with Crippen LogP contribution in [0.4, 0.5) is 0 Å². The van der Waals surface area contributed by atoms with Gasteiger partial charge >= 0.3 is 0 Å². The van der Waals surface area contributed by atoms with E-state index in [0.717, 1.165) is 25.6 Å². The molecule has 5 nitrogen and oxygen atoms in total. The summed E-state index contributed by atoms with van der Waals surface area (Å²) in [6, 6.07) is 0. The first kappa shape index (κ1) is 13.5. The minimum atomic E-state index is 0.853. The highest BCUT2D eigenvalue weighted by molar-refractivity contribution is 4.77. The second-order valence-corrected chi connectivity index (χ2v) is 5.14. The molecule has 1 unspecified atom stereocenters. The average molecular weight is 251 g/mol. The minimum Gasteiger partial charge on any atom is -0.319 e. The van der Waals surface area contributed by atoms with E-state index in [1.54, 1.807) is 12.7 Å². The molecule has 1 aliphatic rings. The van der Waals surface area contributed by atoms with Crippen LogP contribution >= 0.6 is 0 Å². The molecule has 1 fully saturated rings. The molecule has 0 amide bonds. The van der Waals surface area contributed by atoms with Crippen molar-refractivity contribution >= 4 is 0 Å². The molecule has 2 rings (SSSR count). The lowest BCUT2D eigenvalue weighted by molar-refractivity contribution is 0.229. The fraction of sp³-hybridized carbons (Fsp3) is 0.846. The number of hydrogen-bond donors (Lipinski definition) is 0. The van der Waals surface area contributed by atoms with Gasteiger partial charge in [-0.15, -0.1) is 10.2 Å². The molecule has 2 heterocycles. The van der Waals surface area contributed by atoms with E-state index in [4.69, 9.17) is 0 Å². The molecular weight excluding hydrogens is 226 g/mol. The Morgan fingerprint density at radius 3 is 2.67 bits per heavy atom. The number of rotatable bonds is 7. The van der Waals surface area contributed by atoms with E-state index in [-0.39, 0.29) is 0 Å². The fourth-order valence-electron chi connectivity index (χ4n) is 2.69. The number of likely N-dealkylation sites (tertiary alicyclic amines) is 1. The lowest BCUT2D eigenvalue weighted by Gasteiger charge is -2.24. The first-order valence-electron chi connectivity index (χ1n) is 7.09. The molecule has 18 heavy (non-hydrogen) atoms. The lowest BCUT2D eigenvalue weighted by Crippen LogP contribution is -2.33. The van der Waals surface area contributed by atoms with Crippen molar-refractivity contribution < 1.29 is 0 Å². The Balaban J connectivity index is 1.72. The summed E-state index contributed by atoms with van der Waals surface area (Å²) in [5.41, 5.74) is 0. The SMILES string of the molecule is CCN1CCC(CN(CC)CCn2cnnc2)C1. The van der Waals surface area contributed by atoms with Gasteiger partial charge in [0.2, 0.25) is 0 Å². The van der Waals surface area contributed by atoms with Crippen LogP contribution in [0.1, 0.15) is 20.3 Å². The van der Waals surface area contributed by atoms with Gasteiger partial charge in [0.05, 0.1) is 0 Å². The maximum atomic E-state index is 3.84. The third-order valence-corrected chi connectivity index (χ3v) is 3.92. The van der Waals surface area contributed by atoms with Gasteiger partial charge in [-0.2, -0.15) is 0 Å². The Morgan fingerprint density at radius 2 is 2.06 bits per heavy atom. The Labute approximate surface area is 110 Å². The summed E-state index contributed by atoms with van der Waals surface area (Å²) in [5.74, 6) is 0.853. The molecule has 0 aliphatic carbocycles. The molecule has 102 valence electrons. The third kappa shape index (κ3) is 3.78. The molecule has 1 aromatic heterocycles. The van der Waals surface area contributed by atoms with Crippen molar-refractivity contribution in [1.82, 2.24) is 24.6 Å². The Kier molecular flexibility index (Phi) is 5.13. The van der Waals surface area contributed by atoms with E-state index in [0.29, 0.717) is 0 Å². The van der Waals surface area contributed by atoms with Gasteiger partial charge in [0.25, 0.3) is 0 Å². The van der Waals surface area contributed by atoms with Gasteiger partial charge in [-0.05, 0) is 32.0 Å². The van der Waals surface area contributed by atoms with Crippen LogP contribution in [0.25, 0.3) is 0 Å². The van der Waals surface area contributed by atoms with E-state index in [9.17, 15) is 0 Å². The van der Waals surface area contributed by atoms with Gasteiger partial charge in [-0.1, -0.05) is 13.8 Å². The molecule has 0 saturated carbocycles. The molecule has 0 spiro atoms. The normalized spacial score (nSPS) is 20.9. The monoisotopic (exact) mass is 251 g/mol. The van der Waals surface area contributed by atoms with Gasteiger partial charge in [0, 0.05) is 26.2 Å². The topological polar surface area (TPSA) is 37.2 Å². The maximum absolute atomic E-state index is 3.84. The fourth-order valence-corrected chi connectivity index (χ4v) is 2.69. The summed E-state index contributed by atoms with van der Waals surface area (Å²) in [6.07, 6.45) is 4.95. The minimum absolute atomic E-state index is 0.853.